The summed E-state index contributed by atoms with van der Waals surface area (Å²) < 4.78 is 15.1. The van der Waals surface area contributed by atoms with Gasteiger partial charge in [-0.2, -0.15) is 0 Å². The van der Waals surface area contributed by atoms with Crippen molar-refractivity contribution in [3.63, 3.8) is 0 Å². The van der Waals surface area contributed by atoms with Crippen LogP contribution in [0.2, 0.25) is 0 Å². The van der Waals surface area contributed by atoms with Gasteiger partial charge < -0.3 is 14.2 Å². The molecule has 0 aromatic heterocycles. The van der Waals surface area contributed by atoms with Crippen LogP contribution in [-0.2, 0) is 23.8 Å². The van der Waals surface area contributed by atoms with Crippen LogP contribution in [0.1, 0.15) is 46.5 Å². The van der Waals surface area contributed by atoms with Gasteiger partial charge in [-0.05, 0) is 6.42 Å². The number of cyclic esters (lactones) is 2. The molecule has 1 aliphatic rings. The van der Waals surface area contributed by atoms with Crippen LogP contribution in [0.3, 0.4) is 0 Å². The molecule has 0 spiro atoms. The molecule has 0 unspecified atom stereocenters. The lowest BCUT2D eigenvalue weighted by atomic mass is 10.2. The van der Waals surface area contributed by atoms with Crippen LogP contribution in [0.15, 0.2) is 0 Å². The molecule has 0 aromatic rings. The van der Waals surface area contributed by atoms with Gasteiger partial charge in [-0.15, -0.1) is 0 Å². The van der Waals surface area contributed by atoms with Gasteiger partial charge in [-0.1, -0.05) is 26.2 Å². The van der Waals surface area contributed by atoms with Gasteiger partial charge in [0, 0.05) is 20.5 Å². The number of unbranched alkanes of at least 4 members (excludes halogenated alkanes) is 3. The molecule has 0 aromatic carbocycles. The van der Waals surface area contributed by atoms with Crippen molar-refractivity contribution in [2.45, 2.75) is 58.3 Å². The Bertz CT molecular complexity index is 265. The van der Waals surface area contributed by atoms with E-state index < -0.39 is 23.8 Å². The molecule has 5 nitrogen and oxygen atoms in total. The van der Waals surface area contributed by atoms with Crippen molar-refractivity contribution in [3.05, 3.63) is 0 Å². The summed E-state index contributed by atoms with van der Waals surface area (Å²) in [5.41, 5.74) is 0. The molecular formula is C12H20O5. The third-order valence-electron chi connectivity index (χ3n) is 2.40. The van der Waals surface area contributed by atoms with E-state index in [1.165, 1.54) is 13.8 Å². The van der Waals surface area contributed by atoms with Crippen molar-refractivity contribution in [1.29, 1.82) is 0 Å². The second-order valence-electron chi connectivity index (χ2n) is 4.55. The fourth-order valence-electron chi connectivity index (χ4n) is 1.57. The molecule has 17 heavy (non-hydrogen) atoms. The van der Waals surface area contributed by atoms with Crippen molar-refractivity contribution >= 4 is 11.9 Å². The number of ether oxygens (including phenoxy) is 3. The predicted molar refractivity (Wildman–Crippen MR) is 60.1 cm³/mol. The Labute approximate surface area is 101 Å². The van der Waals surface area contributed by atoms with E-state index in [4.69, 9.17) is 14.2 Å². The third kappa shape index (κ3) is 4.34. The molecule has 0 N–H and O–H groups in total. The average molecular weight is 244 g/mol. The van der Waals surface area contributed by atoms with Crippen molar-refractivity contribution in [2.75, 3.05) is 6.61 Å². The quantitative estimate of drug-likeness (QED) is 0.405. The first-order valence-electron chi connectivity index (χ1n) is 6.03. The van der Waals surface area contributed by atoms with Gasteiger partial charge in [0.1, 0.15) is 0 Å². The Hall–Kier alpha value is -1.10. The van der Waals surface area contributed by atoms with Crippen LogP contribution in [-0.4, -0.2) is 30.4 Å². The number of carbonyl (C=O) groups is 2. The Balaban J connectivity index is 2.33. The van der Waals surface area contributed by atoms with Crippen LogP contribution in [0.25, 0.3) is 0 Å². The van der Waals surface area contributed by atoms with E-state index in [1.807, 2.05) is 0 Å². The van der Waals surface area contributed by atoms with Gasteiger partial charge in [0.25, 0.3) is 11.9 Å². The van der Waals surface area contributed by atoms with Gasteiger partial charge in [-0.25, -0.2) is 9.59 Å². The van der Waals surface area contributed by atoms with Gasteiger partial charge >= 0.3 is 11.9 Å². The van der Waals surface area contributed by atoms with E-state index in [-0.39, 0.29) is 0 Å². The number of hydrogen-bond donors (Lipinski definition) is 0. The first-order chi connectivity index (χ1) is 7.96. The minimum absolute atomic E-state index is 0.370. The van der Waals surface area contributed by atoms with Crippen molar-refractivity contribution in [1.82, 2.24) is 0 Å². The highest BCUT2D eigenvalue weighted by molar-refractivity contribution is 5.99. The predicted octanol–water partition coefficient (Wildman–Crippen LogP) is 1.79. The van der Waals surface area contributed by atoms with Gasteiger partial charge in [-0.3, -0.25) is 0 Å². The van der Waals surface area contributed by atoms with E-state index >= 15 is 0 Å². The summed E-state index contributed by atoms with van der Waals surface area (Å²) in [6.45, 7) is 5.51. The lowest BCUT2D eigenvalue weighted by Gasteiger charge is -2.32. The summed E-state index contributed by atoms with van der Waals surface area (Å²) in [6.07, 6.45) is 2.88. The van der Waals surface area contributed by atoms with Crippen LogP contribution in [0.5, 0.6) is 0 Å². The van der Waals surface area contributed by atoms with Crippen LogP contribution < -0.4 is 0 Å². The normalized spacial score (nSPS) is 19.9. The number of hydrogen-bond acceptors (Lipinski definition) is 5. The zero-order valence-electron chi connectivity index (χ0n) is 10.7. The molecule has 0 saturated carbocycles. The van der Waals surface area contributed by atoms with E-state index in [1.54, 1.807) is 0 Å². The van der Waals surface area contributed by atoms with Crippen molar-refractivity contribution in [2.24, 2.45) is 0 Å². The van der Waals surface area contributed by atoms with Gasteiger partial charge in [0.2, 0.25) is 0 Å². The Morgan fingerprint density at radius 2 is 1.71 bits per heavy atom. The molecule has 98 valence electrons. The van der Waals surface area contributed by atoms with E-state index in [2.05, 4.69) is 6.92 Å². The smallest absolute Gasteiger partial charge is 0.350 e. The second kappa shape index (κ2) is 6.00. The molecule has 0 atom stereocenters. The van der Waals surface area contributed by atoms with E-state index in [0.717, 1.165) is 25.7 Å². The molecule has 0 bridgehead atoms. The zero-order valence-corrected chi connectivity index (χ0v) is 10.7. The minimum Gasteiger partial charge on any atom is -0.421 e. The van der Waals surface area contributed by atoms with Crippen molar-refractivity contribution in [3.8, 4) is 0 Å². The monoisotopic (exact) mass is 244 g/mol. The molecule has 1 fully saturated rings. The van der Waals surface area contributed by atoms with Gasteiger partial charge in [0.15, 0.2) is 0 Å². The van der Waals surface area contributed by atoms with Crippen molar-refractivity contribution < 1.29 is 23.8 Å². The summed E-state index contributed by atoms with van der Waals surface area (Å²) in [5.74, 6) is -2.51. The van der Waals surface area contributed by atoms with Gasteiger partial charge in [0.05, 0.1) is 0 Å². The molecule has 0 amide bonds. The highest BCUT2D eigenvalue weighted by Crippen LogP contribution is 2.21. The largest absolute Gasteiger partial charge is 0.421 e. The topological polar surface area (TPSA) is 61.8 Å². The first-order valence-corrected chi connectivity index (χ1v) is 6.03. The summed E-state index contributed by atoms with van der Waals surface area (Å²) in [6, 6.07) is 0. The average Bonchev–Trinajstić information content (AvgIpc) is 2.19. The Morgan fingerprint density at radius 1 is 1.12 bits per heavy atom. The maximum absolute atomic E-state index is 11.5. The SMILES string of the molecule is CCCCCCOC1C(=O)OC(C)(C)OC1=O. The molecular weight excluding hydrogens is 224 g/mol. The maximum atomic E-state index is 11.5. The molecule has 0 aliphatic carbocycles. The lowest BCUT2D eigenvalue weighted by molar-refractivity contribution is -0.249. The molecule has 1 aliphatic heterocycles. The van der Waals surface area contributed by atoms with Crippen LogP contribution in [0, 0.1) is 0 Å². The summed E-state index contributed by atoms with van der Waals surface area (Å²) in [7, 11) is 0. The molecule has 0 radical (unpaired) electrons. The second-order valence-corrected chi connectivity index (χ2v) is 4.55. The van der Waals surface area contributed by atoms with E-state index in [9.17, 15) is 9.59 Å². The molecule has 1 saturated heterocycles. The lowest BCUT2D eigenvalue weighted by Crippen LogP contribution is -2.50. The third-order valence-corrected chi connectivity index (χ3v) is 2.40. The summed E-state index contributed by atoms with van der Waals surface area (Å²) >= 11 is 0. The van der Waals surface area contributed by atoms with E-state index in [0.29, 0.717) is 6.61 Å². The first kappa shape index (κ1) is 14.0. The minimum atomic E-state index is -1.22. The standard InChI is InChI=1S/C12H20O5/c1-4-5-6-7-8-15-9-10(13)16-12(2,3)17-11(9)14/h9H,4-8H2,1-3H3. The number of rotatable bonds is 6. The molecule has 1 rings (SSSR count). The summed E-state index contributed by atoms with van der Waals surface area (Å²) in [4.78, 5) is 23.0. The zero-order chi connectivity index (χ0) is 12.9. The summed E-state index contributed by atoms with van der Waals surface area (Å²) in [5, 5.41) is 0. The number of esters is 2. The highest BCUT2D eigenvalue weighted by atomic mass is 16.8. The Kier molecular flexibility index (Phi) is 4.93. The van der Waals surface area contributed by atoms with Crippen LogP contribution >= 0.6 is 0 Å². The maximum Gasteiger partial charge on any atom is 0.350 e. The Morgan fingerprint density at radius 3 is 2.24 bits per heavy atom. The molecule has 1 heterocycles. The fourth-order valence-corrected chi connectivity index (χ4v) is 1.57. The highest BCUT2D eigenvalue weighted by Gasteiger charge is 2.43. The molecule has 5 heteroatoms. The van der Waals surface area contributed by atoms with Crippen LogP contribution in [0.4, 0.5) is 0 Å². The number of carbonyl (C=O) groups excluding carboxylic acids is 2. The fraction of sp³-hybridized carbons (Fsp3) is 0.833.